The van der Waals surface area contributed by atoms with E-state index >= 15 is 0 Å². The van der Waals surface area contributed by atoms with E-state index in [9.17, 15) is 9.59 Å². The Labute approximate surface area is 105 Å². The van der Waals surface area contributed by atoms with E-state index < -0.39 is 12.2 Å². The molecule has 0 aliphatic heterocycles. The number of hydrogen-bond donors (Lipinski definition) is 0. The zero-order chi connectivity index (χ0) is 13.5. The highest BCUT2D eigenvalue weighted by Crippen LogP contribution is 2.16. The number of benzene rings is 1. The third-order valence-corrected chi connectivity index (χ3v) is 1.84. The fourth-order valence-corrected chi connectivity index (χ4v) is 1.09. The molecule has 18 heavy (non-hydrogen) atoms. The molecule has 1 rings (SSSR count). The summed E-state index contributed by atoms with van der Waals surface area (Å²) in [7, 11) is 0. The molecule has 0 radical (unpaired) electrons. The SMILES string of the molecule is Cc1ccccc1OC(=O)N=NC(=O)OC(C)C. The van der Waals surface area contributed by atoms with Crippen LogP contribution in [0.5, 0.6) is 5.75 Å². The summed E-state index contributed by atoms with van der Waals surface area (Å²) in [6.07, 6.45) is -2.21. The second-order valence-electron chi connectivity index (χ2n) is 3.77. The lowest BCUT2D eigenvalue weighted by Crippen LogP contribution is -2.08. The predicted molar refractivity (Wildman–Crippen MR) is 63.7 cm³/mol. The van der Waals surface area contributed by atoms with Gasteiger partial charge in [-0.2, -0.15) is 0 Å². The molecule has 1 aromatic carbocycles. The van der Waals surface area contributed by atoms with E-state index in [1.807, 2.05) is 6.07 Å². The van der Waals surface area contributed by atoms with Crippen molar-refractivity contribution in [2.45, 2.75) is 26.9 Å². The van der Waals surface area contributed by atoms with Crippen molar-refractivity contribution >= 4 is 12.2 Å². The van der Waals surface area contributed by atoms with Gasteiger partial charge in [0.2, 0.25) is 0 Å². The minimum atomic E-state index is -0.968. The lowest BCUT2D eigenvalue weighted by Gasteiger charge is -2.03. The number of azo groups is 1. The monoisotopic (exact) mass is 250 g/mol. The van der Waals surface area contributed by atoms with Crippen molar-refractivity contribution in [2.24, 2.45) is 10.2 Å². The van der Waals surface area contributed by atoms with Crippen LogP contribution in [0.2, 0.25) is 0 Å². The van der Waals surface area contributed by atoms with Gasteiger partial charge in [-0.15, -0.1) is 0 Å². The van der Waals surface area contributed by atoms with Crippen molar-refractivity contribution in [2.75, 3.05) is 0 Å². The van der Waals surface area contributed by atoms with Crippen LogP contribution in [0.1, 0.15) is 19.4 Å². The van der Waals surface area contributed by atoms with Gasteiger partial charge >= 0.3 is 12.2 Å². The van der Waals surface area contributed by atoms with Crippen LogP contribution in [0, 0.1) is 6.92 Å². The summed E-state index contributed by atoms with van der Waals surface area (Å²) in [5.41, 5.74) is 0.783. The van der Waals surface area contributed by atoms with E-state index in [0.717, 1.165) is 5.56 Å². The van der Waals surface area contributed by atoms with Gasteiger partial charge in [-0.3, -0.25) is 0 Å². The van der Waals surface area contributed by atoms with Crippen LogP contribution in [0.4, 0.5) is 9.59 Å². The van der Waals surface area contributed by atoms with Crippen molar-refractivity contribution in [1.29, 1.82) is 0 Å². The second-order valence-corrected chi connectivity index (χ2v) is 3.77. The molecule has 6 heteroatoms. The number of carbonyl (C=O) groups is 2. The van der Waals surface area contributed by atoms with Crippen LogP contribution in [0.25, 0.3) is 0 Å². The number of carbonyl (C=O) groups excluding carboxylic acids is 2. The molecule has 0 atom stereocenters. The summed E-state index contributed by atoms with van der Waals surface area (Å²) in [4.78, 5) is 22.3. The van der Waals surface area contributed by atoms with Gasteiger partial charge in [0, 0.05) is 0 Å². The number of rotatable bonds is 2. The fourth-order valence-electron chi connectivity index (χ4n) is 1.09. The molecule has 0 saturated carbocycles. The number of amides is 2. The second kappa shape index (κ2) is 6.48. The van der Waals surface area contributed by atoms with Crippen LogP contribution in [-0.4, -0.2) is 18.3 Å². The van der Waals surface area contributed by atoms with E-state index in [1.54, 1.807) is 39.0 Å². The molecular weight excluding hydrogens is 236 g/mol. The Bertz CT molecular complexity index is 469. The maximum absolute atomic E-state index is 11.3. The number of nitrogens with zero attached hydrogens (tertiary/aromatic N) is 2. The first-order chi connectivity index (χ1) is 8.49. The lowest BCUT2D eigenvalue weighted by molar-refractivity contribution is 0.123. The number of hydrogen-bond acceptors (Lipinski definition) is 4. The van der Waals surface area contributed by atoms with Crippen molar-refractivity contribution in [3.8, 4) is 5.75 Å². The van der Waals surface area contributed by atoms with Gasteiger partial charge < -0.3 is 9.47 Å². The summed E-state index contributed by atoms with van der Waals surface area (Å²) in [6, 6.07) is 6.94. The van der Waals surface area contributed by atoms with Crippen LogP contribution < -0.4 is 4.74 Å². The smallest absolute Gasteiger partial charge is 0.444 e. The molecule has 96 valence electrons. The maximum atomic E-state index is 11.3. The van der Waals surface area contributed by atoms with E-state index in [2.05, 4.69) is 15.0 Å². The van der Waals surface area contributed by atoms with E-state index in [4.69, 9.17) is 4.74 Å². The molecule has 6 nitrogen and oxygen atoms in total. The minimum absolute atomic E-state index is 0.316. The van der Waals surface area contributed by atoms with E-state index in [0.29, 0.717) is 5.75 Å². The average Bonchev–Trinajstić information content (AvgIpc) is 2.29. The molecule has 0 aliphatic rings. The highest BCUT2D eigenvalue weighted by atomic mass is 16.6. The normalized spacial score (nSPS) is 10.7. The fraction of sp³-hybridized carbons (Fsp3) is 0.333. The molecule has 0 bridgehead atoms. The Morgan fingerprint density at radius 1 is 1.11 bits per heavy atom. The van der Waals surface area contributed by atoms with Crippen molar-refractivity contribution in [1.82, 2.24) is 0 Å². The molecule has 0 saturated heterocycles. The number of aryl methyl sites for hydroxylation is 1. The van der Waals surface area contributed by atoms with Gasteiger partial charge in [-0.1, -0.05) is 28.4 Å². The number of ether oxygens (including phenoxy) is 2. The van der Waals surface area contributed by atoms with Crippen LogP contribution in [0.15, 0.2) is 34.5 Å². The van der Waals surface area contributed by atoms with Gasteiger partial charge in [0.05, 0.1) is 6.10 Å². The third kappa shape index (κ3) is 4.73. The topological polar surface area (TPSA) is 77.3 Å². The first-order valence-corrected chi connectivity index (χ1v) is 5.39. The first-order valence-electron chi connectivity index (χ1n) is 5.39. The van der Waals surface area contributed by atoms with Crippen LogP contribution in [0.3, 0.4) is 0 Å². The van der Waals surface area contributed by atoms with Crippen molar-refractivity contribution in [3.63, 3.8) is 0 Å². The van der Waals surface area contributed by atoms with Crippen molar-refractivity contribution in [3.05, 3.63) is 29.8 Å². The Morgan fingerprint density at radius 3 is 2.33 bits per heavy atom. The van der Waals surface area contributed by atoms with Gasteiger partial charge in [0.1, 0.15) is 5.75 Å². The molecule has 0 aromatic heterocycles. The molecule has 0 heterocycles. The molecule has 0 aliphatic carbocycles. The Balaban J connectivity index is 2.55. The molecule has 0 spiro atoms. The van der Waals surface area contributed by atoms with Crippen LogP contribution >= 0.6 is 0 Å². The largest absolute Gasteiger partial charge is 0.458 e. The van der Waals surface area contributed by atoms with Gasteiger partial charge in [0.15, 0.2) is 0 Å². The van der Waals surface area contributed by atoms with Crippen LogP contribution in [-0.2, 0) is 4.74 Å². The Kier molecular flexibility index (Phi) is 4.98. The molecule has 0 N–H and O–H groups in total. The molecule has 0 unspecified atom stereocenters. The van der Waals surface area contributed by atoms with Crippen molar-refractivity contribution < 1.29 is 19.1 Å². The van der Waals surface area contributed by atoms with E-state index in [-0.39, 0.29) is 6.10 Å². The Hall–Kier alpha value is -2.24. The maximum Gasteiger partial charge on any atom is 0.458 e. The average molecular weight is 250 g/mol. The first kappa shape index (κ1) is 13.8. The molecule has 2 amide bonds. The predicted octanol–water partition coefficient (Wildman–Crippen LogP) is 3.49. The Morgan fingerprint density at radius 2 is 1.72 bits per heavy atom. The van der Waals surface area contributed by atoms with Gasteiger partial charge in [0.25, 0.3) is 0 Å². The summed E-state index contributed by atoms with van der Waals surface area (Å²) in [5, 5.41) is 6.18. The molecular formula is C12H14N2O4. The summed E-state index contributed by atoms with van der Waals surface area (Å²) in [6.45, 7) is 5.12. The van der Waals surface area contributed by atoms with Gasteiger partial charge in [-0.05, 0) is 32.4 Å². The summed E-state index contributed by atoms with van der Waals surface area (Å²) in [5.74, 6) is 0.374. The summed E-state index contributed by atoms with van der Waals surface area (Å²) < 4.78 is 9.56. The zero-order valence-corrected chi connectivity index (χ0v) is 10.4. The van der Waals surface area contributed by atoms with E-state index in [1.165, 1.54) is 0 Å². The quantitative estimate of drug-likeness (QED) is 0.752. The van der Waals surface area contributed by atoms with Gasteiger partial charge in [-0.25, -0.2) is 9.59 Å². The highest BCUT2D eigenvalue weighted by molar-refractivity contribution is 5.75. The molecule has 1 aromatic rings. The third-order valence-electron chi connectivity index (χ3n) is 1.84. The highest BCUT2D eigenvalue weighted by Gasteiger charge is 2.07. The standard InChI is InChI=1S/C12H14N2O4/c1-8(2)17-11(15)13-14-12(16)18-10-7-5-4-6-9(10)3/h4-8H,1-3H3. The zero-order valence-electron chi connectivity index (χ0n) is 10.4. The lowest BCUT2D eigenvalue weighted by atomic mass is 10.2. The summed E-state index contributed by atoms with van der Waals surface area (Å²) >= 11 is 0. The molecule has 0 fully saturated rings. The number of para-hydroxylation sites is 1. The minimum Gasteiger partial charge on any atom is -0.444 e.